The Balaban J connectivity index is 0.00000363. The molecule has 1 heterocycles. The summed E-state index contributed by atoms with van der Waals surface area (Å²) in [6.45, 7) is 5.94. The molecule has 1 atom stereocenters. The molecule has 0 bridgehead atoms. The smallest absolute Gasteiger partial charge is 0.224 e. The van der Waals surface area contributed by atoms with Crippen molar-refractivity contribution in [2.45, 2.75) is 32.8 Å². The summed E-state index contributed by atoms with van der Waals surface area (Å²) in [5.74, 6) is 1.30. The second-order valence-corrected chi connectivity index (χ2v) is 7.22. The third-order valence-electron chi connectivity index (χ3n) is 4.65. The van der Waals surface area contributed by atoms with Gasteiger partial charge in [0, 0.05) is 18.7 Å². The van der Waals surface area contributed by atoms with Gasteiger partial charge in [-0.1, -0.05) is 12.1 Å². The van der Waals surface area contributed by atoms with E-state index >= 15 is 0 Å². The number of guanidine groups is 1. The summed E-state index contributed by atoms with van der Waals surface area (Å²) < 4.78 is 25.1. The van der Waals surface area contributed by atoms with E-state index in [4.69, 9.17) is 9.47 Å². The maximum Gasteiger partial charge on any atom is 0.224 e. The molecule has 9 heteroatoms. The van der Waals surface area contributed by atoms with E-state index in [0.717, 1.165) is 23.4 Å². The number of ether oxygens (including phenoxy) is 2. The molecule has 2 aromatic rings. The maximum absolute atomic E-state index is 13.7. The lowest BCUT2D eigenvalue weighted by molar-refractivity contribution is -0.116. The van der Waals surface area contributed by atoms with Gasteiger partial charge in [0.05, 0.1) is 13.1 Å². The summed E-state index contributed by atoms with van der Waals surface area (Å²) >= 11 is 0. The molecule has 1 amide bonds. The number of carbonyl (C=O) groups excluding carboxylic acids is 1. The highest BCUT2D eigenvalue weighted by atomic mass is 127. The summed E-state index contributed by atoms with van der Waals surface area (Å²) in [7, 11) is 0. The van der Waals surface area contributed by atoms with E-state index in [1.54, 1.807) is 18.2 Å². The van der Waals surface area contributed by atoms with Gasteiger partial charge >= 0.3 is 0 Å². The number of fused-ring (bicyclic) bond motifs is 1. The lowest BCUT2D eigenvalue weighted by Crippen LogP contribution is -2.40. The first kappa shape index (κ1) is 25.7. The first-order valence-corrected chi connectivity index (χ1v) is 10.5. The van der Waals surface area contributed by atoms with Crippen molar-refractivity contribution in [2.24, 2.45) is 4.99 Å². The Morgan fingerprint density at radius 1 is 1.22 bits per heavy atom. The number of benzene rings is 2. The van der Waals surface area contributed by atoms with E-state index in [-0.39, 0.29) is 47.6 Å². The summed E-state index contributed by atoms with van der Waals surface area (Å²) in [6.07, 6.45) is 0.945. The van der Waals surface area contributed by atoms with Crippen LogP contribution in [-0.2, 0) is 11.2 Å². The number of halogens is 2. The number of carbonyl (C=O) groups is 1. The third kappa shape index (κ3) is 7.85. The lowest BCUT2D eigenvalue weighted by Gasteiger charge is -2.18. The van der Waals surface area contributed by atoms with Crippen LogP contribution in [0.4, 0.5) is 10.1 Å². The minimum Gasteiger partial charge on any atom is -0.492 e. The second kappa shape index (κ2) is 13.1. The second-order valence-electron chi connectivity index (χ2n) is 7.22. The Bertz CT molecular complexity index is 926. The molecular formula is C23H30FIN4O3. The molecule has 0 aromatic heterocycles. The predicted octanol–water partition coefficient (Wildman–Crippen LogP) is 3.73. The van der Waals surface area contributed by atoms with Crippen molar-refractivity contribution in [3.63, 3.8) is 0 Å². The van der Waals surface area contributed by atoms with Gasteiger partial charge in [-0.05, 0) is 56.2 Å². The minimum absolute atomic E-state index is 0. The van der Waals surface area contributed by atoms with Crippen molar-refractivity contribution in [3.05, 3.63) is 53.8 Å². The van der Waals surface area contributed by atoms with Crippen LogP contribution in [0.2, 0.25) is 0 Å². The van der Waals surface area contributed by atoms with Gasteiger partial charge in [-0.2, -0.15) is 0 Å². The Hall–Kier alpha value is -2.56. The van der Waals surface area contributed by atoms with Crippen molar-refractivity contribution >= 4 is 41.5 Å². The van der Waals surface area contributed by atoms with Crippen molar-refractivity contribution in [3.8, 4) is 11.5 Å². The number of aliphatic imine (C=N–C) groups is 1. The van der Waals surface area contributed by atoms with E-state index in [0.29, 0.717) is 38.6 Å². The van der Waals surface area contributed by atoms with Gasteiger partial charge in [0.15, 0.2) is 17.5 Å². The number of rotatable bonds is 9. The van der Waals surface area contributed by atoms with E-state index in [9.17, 15) is 9.18 Å². The Labute approximate surface area is 205 Å². The van der Waals surface area contributed by atoms with Crippen LogP contribution in [0.5, 0.6) is 11.5 Å². The fraction of sp³-hybridized carbons (Fsp3) is 0.391. The molecule has 0 spiro atoms. The average Bonchev–Trinajstić information content (AvgIpc) is 2.76. The van der Waals surface area contributed by atoms with E-state index in [2.05, 4.69) is 20.9 Å². The van der Waals surface area contributed by atoms with E-state index in [1.807, 2.05) is 32.0 Å². The van der Waals surface area contributed by atoms with Crippen LogP contribution < -0.4 is 25.4 Å². The fourth-order valence-corrected chi connectivity index (χ4v) is 3.14. The van der Waals surface area contributed by atoms with Crippen LogP contribution >= 0.6 is 24.0 Å². The molecule has 7 nitrogen and oxygen atoms in total. The lowest BCUT2D eigenvalue weighted by atomic mass is 10.0. The first-order valence-electron chi connectivity index (χ1n) is 10.5. The molecule has 1 unspecified atom stereocenters. The van der Waals surface area contributed by atoms with Crippen LogP contribution in [0.1, 0.15) is 25.8 Å². The first-order chi connectivity index (χ1) is 15.0. The molecule has 3 rings (SSSR count). The van der Waals surface area contributed by atoms with Crippen molar-refractivity contribution in [2.75, 3.05) is 31.6 Å². The highest BCUT2D eigenvalue weighted by Gasteiger charge is 2.15. The molecule has 0 saturated carbocycles. The molecule has 0 radical (unpaired) electrons. The van der Waals surface area contributed by atoms with E-state index in [1.165, 1.54) is 6.07 Å². The quantitative estimate of drug-likeness (QED) is 0.190. The number of amides is 1. The third-order valence-corrected chi connectivity index (χ3v) is 4.65. The molecule has 32 heavy (non-hydrogen) atoms. The number of nitrogens with zero attached hydrogens (tertiary/aromatic N) is 1. The number of aryl methyl sites for hydroxylation is 1. The highest BCUT2D eigenvalue weighted by Crippen LogP contribution is 2.26. The van der Waals surface area contributed by atoms with Crippen LogP contribution in [0.15, 0.2) is 47.5 Å². The zero-order valence-electron chi connectivity index (χ0n) is 18.3. The molecule has 2 aromatic carbocycles. The standard InChI is InChI=1S/C23H29FN4O3.HI/c1-3-25-23(27-15-16(2)31-21-7-5-4-6-19(21)24)26-12-13-30-18-9-10-20-17(14-18)8-11-22(29)28-20;/h4-7,9-10,14,16H,3,8,11-13,15H2,1-2H3,(H,28,29)(H2,25,26,27);1H. The summed E-state index contributed by atoms with van der Waals surface area (Å²) in [4.78, 5) is 15.9. The zero-order chi connectivity index (χ0) is 22.1. The van der Waals surface area contributed by atoms with Crippen molar-refractivity contribution in [1.29, 1.82) is 0 Å². The molecule has 0 aliphatic carbocycles. The summed E-state index contributed by atoms with van der Waals surface area (Å²) in [6, 6.07) is 12.0. The fourth-order valence-electron chi connectivity index (χ4n) is 3.14. The minimum atomic E-state index is -0.384. The van der Waals surface area contributed by atoms with Crippen LogP contribution in [-0.4, -0.2) is 44.2 Å². The topological polar surface area (TPSA) is 84.0 Å². The average molecular weight is 556 g/mol. The van der Waals surface area contributed by atoms with Crippen LogP contribution in [0.3, 0.4) is 0 Å². The molecule has 1 aliphatic heterocycles. The Kier molecular flexibility index (Phi) is 10.5. The van der Waals surface area contributed by atoms with Gasteiger partial charge in [0.25, 0.3) is 0 Å². The summed E-state index contributed by atoms with van der Waals surface area (Å²) in [5, 5.41) is 9.25. The van der Waals surface area contributed by atoms with Crippen LogP contribution in [0, 0.1) is 5.82 Å². The van der Waals surface area contributed by atoms with Gasteiger partial charge in [0.2, 0.25) is 5.91 Å². The SMILES string of the molecule is CCNC(=NCC(C)Oc1ccccc1F)NCCOc1ccc2c(c1)CCC(=O)N2.I. The van der Waals surface area contributed by atoms with Crippen LogP contribution in [0.25, 0.3) is 0 Å². The Morgan fingerprint density at radius 3 is 2.81 bits per heavy atom. The molecule has 1 aliphatic rings. The van der Waals surface area contributed by atoms with Gasteiger partial charge in [-0.15, -0.1) is 24.0 Å². The van der Waals surface area contributed by atoms with E-state index < -0.39 is 0 Å². The molecule has 174 valence electrons. The number of nitrogens with one attached hydrogen (secondary N) is 3. The van der Waals surface area contributed by atoms with Gasteiger partial charge < -0.3 is 25.4 Å². The molecule has 0 fully saturated rings. The van der Waals surface area contributed by atoms with Gasteiger partial charge in [0.1, 0.15) is 18.5 Å². The molecule has 0 saturated heterocycles. The van der Waals surface area contributed by atoms with Gasteiger partial charge in [-0.25, -0.2) is 9.38 Å². The summed E-state index contributed by atoms with van der Waals surface area (Å²) in [5.41, 5.74) is 1.94. The largest absolute Gasteiger partial charge is 0.492 e. The number of anilines is 1. The maximum atomic E-state index is 13.7. The number of para-hydroxylation sites is 1. The highest BCUT2D eigenvalue weighted by molar-refractivity contribution is 14.0. The molecule has 3 N–H and O–H groups in total. The monoisotopic (exact) mass is 556 g/mol. The zero-order valence-corrected chi connectivity index (χ0v) is 20.6. The van der Waals surface area contributed by atoms with Gasteiger partial charge in [-0.3, -0.25) is 4.79 Å². The van der Waals surface area contributed by atoms with Crippen molar-refractivity contribution < 1.29 is 18.7 Å². The normalized spacial score (nSPS) is 13.8. The number of hydrogen-bond acceptors (Lipinski definition) is 4. The predicted molar refractivity (Wildman–Crippen MR) is 135 cm³/mol. The van der Waals surface area contributed by atoms with Crippen molar-refractivity contribution in [1.82, 2.24) is 10.6 Å². The molecular weight excluding hydrogens is 526 g/mol. The number of hydrogen-bond donors (Lipinski definition) is 3. The Morgan fingerprint density at radius 2 is 2.03 bits per heavy atom.